The van der Waals surface area contributed by atoms with Crippen molar-refractivity contribution < 1.29 is 10.2 Å². The zero-order valence-corrected chi connectivity index (χ0v) is 24.3. The third-order valence-corrected chi connectivity index (χ3v) is 13.7. The fourth-order valence-electron chi connectivity index (χ4n) is 11.4. The third-order valence-electron chi connectivity index (χ3n) is 13.7. The minimum atomic E-state index is -0.138. The predicted octanol–water partition coefficient (Wildman–Crippen LogP) is 8.25. The fourth-order valence-corrected chi connectivity index (χ4v) is 11.4. The van der Waals surface area contributed by atoms with Gasteiger partial charge in [0.05, 0.1) is 6.10 Å². The molecule has 0 spiro atoms. The zero-order chi connectivity index (χ0) is 25.4. The van der Waals surface area contributed by atoms with Gasteiger partial charge >= 0.3 is 0 Å². The molecule has 0 bridgehead atoms. The summed E-state index contributed by atoms with van der Waals surface area (Å²) in [5, 5.41) is 21.6. The molecule has 2 nitrogen and oxygen atoms in total. The van der Waals surface area contributed by atoms with E-state index in [-0.39, 0.29) is 16.9 Å². The summed E-state index contributed by atoms with van der Waals surface area (Å²) in [6.45, 7) is 22.1. The molecule has 5 saturated carbocycles. The van der Waals surface area contributed by atoms with Gasteiger partial charge in [-0.05, 0) is 127 Å². The highest BCUT2D eigenvalue weighted by molar-refractivity contribution is 5.18. The Kier molecular flexibility index (Phi) is 6.72. The van der Waals surface area contributed by atoms with Gasteiger partial charge in [-0.2, -0.15) is 0 Å². The van der Waals surface area contributed by atoms with Crippen LogP contribution in [0.25, 0.3) is 0 Å². The van der Waals surface area contributed by atoms with E-state index in [1.807, 2.05) is 13.8 Å². The highest BCUT2D eigenvalue weighted by Crippen LogP contribution is 2.76. The highest BCUT2D eigenvalue weighted by Gasteiger charge is 2.69. The second-order valence-electron chi connectivity index (χ2n) is 15.5. The molecule has 0 aromatic carbocycles. The molecule has 9 atom stereocenters. The van der Waals surface area contributed by atoms with Gasteiger partial charge in [-0.25, -0.2) is 0 Å². The SMILES string of the molecule is CC.CC1(C)CCC2(CO)CC[C@]3(C)C(CCC4C5(C)CCC(O)C(C)(C)C5CCC43C)C2C1. The Morgan fingerprint density at radius 3 is 1.94 bits per heavy atom. The van der Waals surface area contributed by atoms with E-state index in [2.05, 4.69) is 48.5 Å². The van der Waals surface area contributed by atoms with Crippen LogP contribution in [0, 0.1) is 56.2 Å². The monoisotopic (exact) mass is 474 g/mol. The van der Waals surface area contributed by atoms with Gasteiger partial charge in [0.1, 0.15) is 0 Å². The van der Waals surface area contributed by atoms with E-state index in [1.54, 1.807) is 0 Å². The molecular formula is C32H58O2. The van der Waals surface area contributed by atoms with E-state index in [0.29, 0.717) is 40.1 Å². The molecule has 0 aromatic rings. The Morgan fingerprint density at radius 2 is 1.29 bits per heavy atom. The first kappa shape index (κ1) is 27.0. The van der Waals surface area contributed by atoms with Crippen LogP contribution in [0.4, 0.5) is 0 Å². The smallest absolute Gasteiger partial charge is 0.0594 e. The van der Waals surface area contributed by atoms with Crippen molar-refractivity contribution in [2.45, 2.75) is 139 Å². The van der Waals surface area contributed by atoms with E-state index >= 15 is 0 Å². The van der Waals surface area contributed by atoms with Crippen molar-refractivity contribution in [3.63, 3.8) is 0 Å². The van der Waals surface area contributed by atoms with Gasteiger partial charge in [-0.15, -0.1) is 0 Å². The first-order valence-electron chi connectivity index (χ1n) is 15.0. The van der Waals surface area contributed by atoms with Crippen LogP contribution in [0.15, 0.2) is 0 Å². The normalized spacial score (nSPS) is 53.2. The van der Waals surface area contributed by atoms with Gasteiger partial charge in [-0.1, -0.05) is 62.3 Å². The lowest BCUT2D eigenvalue weighted by Gasteiger charge is -2.73. The van der Waals surface area contributed by atoms with Crippen molar-refractivity contribution in [1.29, 1.82) is 0 Å². The summed E-state index contributed by atoms with van der Waals surface area (Å²) in [4.78, 5) is 0. The van der Waals surface area contributed by atoms with Crippen LogP contribution in [-0.4, -0.2) is 22.9 Å². The number of rotatable bonds is 1. The van der Waals surface area contributed by atoms with Crippen molar-refractivity contribution in [2.24, 2.45) is 56.2 Å². The van der Waals surface area contributed by atoms with Crippen molar-refractivity contribution >= 4 is 0 Å². The van der Waals surface area contributed by atoms with E-state index in [4.69, 9.17) is 0 Å². The second kappa shape index (κ2) is 8.47. The zero-order valence-electron chi connectivity index (χ0n) is 24.3. The minimum Gasteiger partial charge on any atom is -0.396 e. The number of aliphatic hydroxyl groups is 2. The maximum absolute atomic E-state index is 10.9. The molecule has 0 heterocycles. The highest BCUT2D eigenvalue weighted by atomic mass is 16.3. The molecule has 0 aliphatic heterocycles. The molecule has 8 unspecified atom stereocenters. The largest absolute Gasteiger partial charge is 0.396 e. The molecule has 2 heteroatoms. The molecule has 0 saturated heterocycles. The predicted molar refractivity (Wildman–Crippen MR) is 144 cm³/mol. The summed E-state index contributed by atoms with van der Waals surface area (Å²) in [6.07, 6.45) is 13.8. The second-order valence-corrected chi connectivity index (χ2v) is 15.5. The standard InChI is InChI=1S/C30H52O2.C2H6/c1-25(2)14-16-30(19-31)17-15-28(6)20(21(30)18-25)8-9-23-27(5)12-11-24(32)26(3,4)22(27)10-13-29(23,28)7;1-2/h20-24,31-32H,8-19H2,1-7H3;1-2H3/t20?,21?,22?,23?,24?,27?,28-,29?,30?;/m1./s1. The van der Waals surface area contributed by atoms with Crippen LogP contribution in [0.3, 0.4) is 0 Å². The Labute approximate surface area is 212 Å². The van der Waals surface area contributed by atoms with Crippen LogP contribution < -0.4 is 0 Å². The molecule has 198 valence electrons. The van der Waals surface area contributed by atoms with Gasteiger partial charge in [0.2, 0.25) is 0 Å². The van der Waals surface area contributed by atoms with Gasteiger partial charge in [0.25, 0.3) is 0 Å². The van der Waals surface area contributed by atoms with Crippen molar-refractivity contribution in [2.75, 3.05) is 6.61 Å². The number of hydrogen-bond donors (Lipinski definition) is 2. The Bertz CT molecular complexity index is 756. The van der Waals surface area contributed by atoms with Crippen molar-refractivity contribution in [1.82, 2.24) is 0 Å². The van der Waals surface area contributed by atoms with Crippen LogP contribution in [0.1, 0.15) is 133 Å². The lowest BCUT2D eigenvalue weighted by atomic mass is 9.31. The van der Waals surface area contributed by atoms with Crippen molar-refractivity contribution in [3.8, 4) is 0 Å². The van der Waals surface area contributed by atoms with E-state index in [9.17, 15) is 10.2 Å². The quantitative estimate of drug-likeness (QED) is 0.401. The van der Waals surface area contributed by atoms with Crippen LogP contribution in [0.5, 0.6) is 0 Å². The molecular weight excluding hydrogens is 416 g/mol. The Morgan fingerprint density at radius 1 is 0.647 bits per heavy atom. The summed E-state index contributed by atoms with van der Waals surface area (Å²) in [7, 11) is 0. The molecule has 0 radical (unpaired) electrons. The number of aliphatic hydroxyl groups excluding tert-OH is 2. The molecule has 5 aliphatic carbocycles. The van der Waals surface area contributed by atoms with Crippen molar-refractivity contribution in [3.05, 3.63) is 0 Å². The van der Waals surface area contributed by atoms with E-state index in [1.165, 1.54) is 64.2 Å². The fraction of sp³-hybridized carbons (Fsp3) is 1.00. The minimum absolute atomic E-state index is 0.0398. The first-order chi connectivity index (χ1) is 15.8. The van der Waals surface area contributed by atoms with Crippen LogP contribution in [0.2, 0.25) is 0 Å². The topological polar surface area (TPSA) is 40.5 Å². The maximum Gasteiger partial charge on any atom is 0.0594 e. The van der Waals surface area contributed by atoms with Gasteiger partial charge < -0.3 is 10.2 Å². The van der Waals surface area contributed by atoms with Gasteiger partial charge in [-0.3, -0.25) is 0 Å². The Hall–Kier alpha value is -0.0800. The van der Waals surface area contributed by atoms with Crippen LogP contribution >= 0.6 is 0 Å². The lowest BCUT2D eigenvalue weighted by Crippen LogP contribution is -2.67. The average molecular weight is 475 g/mol. The molecule has 2 N–H and O–H groups in total. The molecule has 5 fully saturated rings. The van der Waals surface area contributed by atoms with Gasteiger partial charge in [0.15, 0.2) is 0 Å². The van der Waals surface area contributed by atoms with E-state index in [0.717, 1.165) is 18.3 Å². The summed E-state index contributed by atoms with van der Waals surface area (Å²) >= 11 is 0. The summed E-state index contributed by atoms with van der Waals surface area (Å²) in [6, 6.07) is 0. The van der Waals surface area contributed by atoms with Gasteiger partial charge in [0, 0.05) is 6.61 Å². The first-order valence-corrected chi connectivity index (χ1v) is 15.0. The summed E-state index contributed by atoms with van der Waals surface area (Å²) in [5.74, 6) is 2.89. The summed E-state index contributed by atoms with van der Waals surface area (Å²) in [5.41, 5.74) is 1.80. The lowest BCUT2D eigenvalue weighted by molar-refractivity contribution is -0.257. The molecule has 0 aromatic heterocycles. The number of fused-ring (bicyclic) bond motifs is 7. The molecule has 0 amide bonds. The Balaban J connectivity index is 0.00000133. The molecule has 5 rings (SSSR count). The third kappa shape index (κ3) is 3.46. The van der Waals surface area contributed by atoms with Crippen LogP contribution in [-0.2, 0) is 0 Å². The average Bonchev–Trinajstić information content (AvgIpc) is 2.78. The summed E-state index contributed by atoms with van der Waals surface area (Å²) < 4.78 is 0. The molecule has 5 aliphatic rings. The van der Waals surface area contributed by atoms with E-state index < -0.39 is 0 Å². The maximum atomic E-state index is 10.9. The number of hydrogen-bond acceptors (Lipinski definition) is 2. The molecule has 34 heavy (non-hydrogen) atoms.